The first-order valence-corrected chi connectivity index (χ1v) is 6.55. The molecule has 0 aliphatic carbocycles. The normalized spacial score (nSPS) is 20.9. The Morgan fingerprint density at radius 2 is 2.00 bits per heavy atom. The van der Waals surface area contributed by atoms with Crippen LogP contribution in [0.2, 0.25) is 0 Å². The zero-order valence-electron chi connectivity index (χ0n) is 11.4. The van der Waals surface area contributed by atoms with E-state index in [1.807, 2.05) is 0 Å². The van der Waals surface area contributed by atoms with Gasteiger partial charge in [0, 0.05) is 20.2 Å². The predicted molar refractivity (Wildman–Crippen MR) is 67.9 cm³/mol. The zero-order chi connectivity index (χ0) is 14.6. The molecule has 0 unspecified atom stereocenters. The van der Waals surface area contributed by atoms with Crippen molar-refractivity contribution in [2.75, 3.05) is 40.0 Å². The standard InChI is InChI=1S/C12H19N3O5/c1-19-6-7-20-8-9(16)15-4-2-12(3-5-15)10(17)13-11(18)14-12/h2-8H2,1H3,(H2,13,14,17,18). The van der Waals surface area contributed by atoms with Gasteiger partial charge >= 0.3 is 6.03 Å². The molecule has 0 aromatic rings. The molecule has 1 spiro atoms. The lowest BCUT2D eigenvalue weighted by atomic mass is 9.88. The van der Waals surface area contributed by atoms with Crippen molar-refractivity contribution in [3.8, 4) is 0 Å². The lowest BCUT2D eigenvalue weighted by Crippen LogP contribution is -2.56. The first kappa shape index (κ1) is 14.7. The third kappa shape index (κ3) is 3.07. The van der Waals surface area contributed by atoms with E-state index >= 15 is 0 Å². The van der Waals surface area contributed by atoms with E-state index in [0.717, 1.165) is 0 Å². The highest BCUT2D eigenvalue weighted by atomic mass is 16.5. The number of methoxy groups -OCH3 is 1. The number of nitrogens with zero attached hydrogens (tertiary/aromatic N) is 1. The smallest absolute Gasteiger partial charge is 0.322 e. The molecule has 2 heterocycles. The molecule has 8 nitrogen and oxygen atoms in total. The molecular formula is C12H19N3O5. The summed E-state index contributed by atoms with van der Waals surface area (Å²) in [5.41, 5.74) is -0.842. The van der Waals surface area contributed by atoms with Gasteiger partial charge < -0.3 is 19.7 Å². The van der Waals surface area contributed by atoms with E-state index in [1.165, 1.54) is 0 Å². The highest BCUT2D eigenvalue weighted by Crippen LogP contribution is 2.25. The third-order valence-corrected chi connectivity index (χ3v) is 3.64. The van der Waals surface area contributed by atoms with E-state index in [0.29, 0.717) is 39.1 Å². The van der Waals surface area contributed by atoms with Crippen molar-refractivity contribution >= 4 is 17.8 Å². The Hall–Kier alpha value is -1.67. The quantitative estimate of drug-likeness (QED) is 0.491. The van der Waals surface area contributed by atoms with E-state index in [2.05, 4.69) is 10.6 Å². The average molecular weight is 285 g/mol. The first-order valence-electron chi connectivity index (χ1n) is 6.55. The van der Waals surface area contributed by atoms with Gasteiger partial charge in [0.25, 0.3) is 5.91 Å². The van der Waals surface area contributed by atoms with Gasteiger partial charge in [-0.05, 0) is 12.8 Å². The number of carbonyl (C=O) groups is 3. The number of hydrogen-bond donors (Lipinski definition) is 2. The number of ether oxygens (including phenoxy) is 2. The SMILES string of the molecule is COCCOCC(=O)N1CCC2(CC1)NC(=O)NC2=O. The number of urea groups is 1. The number of imide groups is 1. The number of rotatable bonds is 5. The second kappa shape index (κ2) is 6.19. The van der Waals surface area contributed by atoms with Crippen LogP contribution in [0, 0.1) is 0 Å². The van der Waals surface area contributed by atoms with Gasteiger partial charge in [-0.25, -0.2) is 4.79 Å². The van der Waals surface area contributed by atoms with Crippen LogP contribution < -0.4 is 10.6 Å². The molecule has 2 rings (SSSR count). The molecule has 2 fully saturated rings. The fourth-order valence-electron chi connectivity index (χ4n) is 2.41. The van der Waals surface area contributed by atoms with Crippen LogP contribution >= 0.6 is 0 Å². The van der Waals surface area contributed by atoms with Crippen LogP contribution in [0.25, 0.3) is 0 Å². The minimum atomic E-state index is -0.842. The highest BCUT2D eigenvalue weighted by molar-refractivity contribution is 6.07. The maximum absolute atomic E-state index is 11.9. The zero-order valence-corrected chi connectivity index (χ0v) is 11.4. The van der Waals surface area contributed by atoms with Crippen LogP contribution in [-0.4, -0.2) is 68.3 Å². The van der Waals surface area contributed by atoms with Crippen LogP contribution in [0.3, 0.4) is 0 Å². The Morgan fingerprint density at radius 3 is 2.55 bits per heavy atom. The van der Waals surface area contributed by atoms with Crippen LogP contribution in [0.5, 0.6) is 0 Å². The number of amides is 4. The van der Waals surface area contributed by atoms with Crippen molar-refractivity contribution in [2.45, 2.75) is 18.4 Å². The van der Waals surface area contributed by atoms with Gasteiger partial charge in [-0.3, -0.25) is 14.9 Å². The fourth-order valence-corrected chi connectivity index (χ4v) is 2.41. The van der Waals surface area contributed by atoms with Crippen molar-refractivity contribution < 1.29 is 23.9 Å². The number of piperidine rings is 1. The molecule has 0 saturated carbocycles. The van der Waals surface area contributed by atoms with Gasteiger partial charge in [-0.2, -0.15) is 0 Å². The molecule has 0 bridgehead atoms. The minimum Gasteiger partial charge on any atom is -0.382 e. The monoisotopic (exact) mass is 285 g/mol. The molecule has 0 atom stereocenters. The lowest BCUT2D eigenvalue weighted by molar-refractivity contribution is -0.140. The second-order valence-corrected chi connectivity index (χ2v) is 4.92. The van der Waals surface area contributed by atoms with E-state index in [4.69, 9.17) is 9.47 Å². The third-order valence-electron chi connectivity index (χ3n) is 3.64. The van der Waals surface area contributed by atoms with E-state index in [9.17, 15) is 14.4 Å². The summed E-state index contributed by atoms with van der Waals surface area (Å²) in [6.45, 7) is 1.69. The van der Waals surface area contributed by atoms with Crippen molar-refractivity contribution in [1.82, 2.24) is 15.5 Å². The Bertz CT molecular complexity index is 404. The topological polar surface area (TPSA) is 97.0 Å². The molecule has 4 amide bonds. The lowest BCUT2D eigenvalue weighted by Gasteiger charge is -2.36. The van der Waals surface area contributed by atoms with Crippen LogP contribution in [0.1, 0.15) is 12.8 Å². The molecule has 0 aromatic heterocycles. The highest BCUT2D eigenvalue weighted by Gasteiger charge is 2.48. The van der Waals surface area contributed by atoms with E-state index < -0.39 is 11.6 Å². The number of hydrogen-bond acceptors (Lipinski definition) is 5. The maximum Gasteiger partial charge on any atom is 0.322 e. The summed E-state index contributed by atoms with van der Waals surface area (Å²) in [6, 6.07) is -0.460. The Morgan fingerprint density at radius 1 is 1.30 bits per heavy atom. The summed E-state index contributed by atoms with van der Waals surface area (Å²) < 4.78 is 10.00. The molecule has 2 aliphatic heterocycles. The second-order valence-electron chi connectivity index (χ2n) is 4.92. The molecule has 2 saturated heterocycles. The number of nitrogens with one attached hydrogen (secondary N) is 2. The van der Waals surface area contributed by atoms with Gasteiger partial charge in [-0.15, -0.1) is 0 Å². The number of carbonyl (C=O) groups excluding carboxylic acids is 3. The van der Waals surface area contributed by atoms with Crippen molar-refractivity contribution in [3.63, 3.8) is 0 Å². The molecule has 0 radical (unpaired) electrons. The minimum absolute atomic E-state index is 0.00884. The van der Waals surface area contributed by atoms with Crippen molar-refractivity contribution in [2.24, 2.45) is 0 Å². The largest absolute Gasteiger partial charge is 0.382 e. The number of likely N-dealkylation sites (tertiary alicyclic amines) is 1. The summed E-state index contributed by atoms with van der Waals surface area (Å²) in [5.74, 6) is -0.411. The summed E-state index contributed by atoms with van der Waals surface area (Å²) >= 11 is 0. The van der Waals surface area contributed by atoms with Crippen molar-refractivity contribution in [1.29, 1.82) is 0 Å². The molecule has 2 aliphatic rings. The molecule has 2 N–H and O–H groups in total. The van der Waals surface area contributed by atoms with E-state index in [-0.39, 0.29) is 18.4 Å². The maximum atomic E-state index is 11.9. The van der Waals surface area contributed by atoms with Gasteiger partial charge in [0.15, 0.2) is 0 Å². The summed E-state index contributed by atoms with van der Waals surface area (Å²) in [6.07, 6.45) is 0.850. The fraction of sp³-hybridized carbons (Fsp3) is 0.750. The predicted octanol–water partition coefficient (Wildman–Crippen LogP) is -1.15. The molecule has 20 heavy (non-hydrogen) atoms. The van der Waals surface area contributed by atoms with Gasteiger partial charge in [0.05, 0.1) is 13.2 Å². The average Bonchev–Trinajstić information content (AvgIpc) is 2.70. The van der Waals surface area contributed by atoms with Crippen LogP contribution in [0.4, 0.5) is 4.79 Å². The Kier molecular flexibility index (Phi) is 4.56. The summed E-state index contributed by atoms with van der Waals surface area (Å²) in [7, 11) is 1.57. The Balaban J connectivity index is 1.78. The Labute approximate surface area is 116 Å². The molecular weight excluding hydrogens is 266 g/mol. The summed E-state index contributed by atoms with van der Waals surface area (Å²) in [4.78, 5) is 36.5. The van der Waals surface area contributed by atoms with Gasteiger partial charge in [-0.1, -0.05) is 0 Å². The van der Waals surface area contributed by atoms with Gasteiger partial charge in [0.1, 0.15) is 12.1 Å². The van der Waals surface area contributed by atoms with E-state index in [1.54, 1.807) is 12.0 Å². The van der Waals surface area contributed by atoms with Crippen LogP contribution in [0.15, 0.2) is 0 Å². The van der Waals surface area contributed by atoms with Gasteiger partial charge in [0.2, 0.25) is 5.91 Å². The molecule has 112 valence electrons. The first-order chi connectivity index (χ1) is 9.57. The molecule has 0 aromatic carbocycles. The molecule has 8 heteroatoms. The van der Waals surface area contributed by atoms with Crippen molar-refractivity contribution in [3.05, 3.63) is 0 Å². The van der Waals surface area contributed by atoms with Crippen LogP contribution in [-0.2, 0) is 19.1 Å². The summed E-state index contributed by atoms with van der Waals surface area (Å²) in [5, 5.41) is 4.89.